The van der Waals surface area contributed by atoms with Gasteiger partial charge in [0.25, 0.3) is 0 Å². The van der Waals surface area contributed by atoms with Gasteiger partial charge in [-0.05, 0) is 17.7 Å². The third-order valence-corrected chi connectivity index (χ3v) is 4.44. The molecule has 0 unspecified atom stereocenters. The van der Waals surface area contributed by atoms with Crippen LogP contribution < -0.4 is 10.9 Å². The Hall–Kier alpha value is -1.35. The van der Waals surface area contributed by atoms with E-state index in [1.807, 2.05) is 5.43 Å². The zero-order chi connectivity index (χ0) is 14.6. The summed E-state index contributed by atoms with van der Waals surface area (Å²) in [5, 5.41) is 8.62. The number of nitrogens with one attached hydrogen (secondary N) is 2. The Bertz CT molecular complexity index is 574. The van der Waals surface area contributed by atoms with Crippen molar-refractivity contribution in [2.24, 2.45) is 0 Å². The van der Waals surface area contributed by atoms with Gasteiger partial charge in [-0.15, -0.1) is 0 Å². The number of hydrazine groups is 1. The van der Waals surface area contributed by atoms with Gasteiger partial charge in [-0.2, -0.15) is 0 Å². The molecule has 0 fully saturated rings. The van der Waals surface area contributed by atoms with Crippen LogP contribution in [0.2, 0.25) is 5.02 Å². The van der Waals surface area contributed by atoms with Gasteiger partial charge in [0.1, 0.15) is 0 Å². The average Bonchev–Trinajstić information content (AvgIpc) is 2.30. The number of sulfonamides is 1. The Labute approximate surface area is 116 Å². The number of rotatable bonds is 5. The first-order chi connectivity index (χ1) is 8.75. The number of carboxylic acid groups (broad SMARTS) is 1. The number of benzene rings is 1. The molecule has 3 N–H and O–H groups in total. The largest absolute Gasteiger partial charge is 0.464 e. The minimum atomic E-state index is -3.53. The number of amides is 1. The smallest absolute Gasteiger partial charge is 0.419 e. The summed E-state index contributed by atoms with van der Waals surface area (Å²) in [6, 6.07) is 4.27. The van der Waals surface area contributed by atoms with E-state index < -0.39 is 16.1 Å². The van der Waals surface area contributed by atoms with Crippen molar-refractivity contribution in [2.45, 2.75) is 11.4 Å². The highest BCUT2D eigenvalue weighted by molar-refractivity contribution is 7.89. The molecule has 0 aliphatic rings. The van der Waals surface area contributed by atoms with Gasteiger partial charge in [-0.1, -0.05) is 17.7 Å². The molecule has 0 radical (unpaired) electrons. The highest BCUT2D eigenvalue weighted by Gasteiger charge is 2.18. The van der Waals surface area contributed by atoms with E-state index in [1.165, 1.54) is 32.3 Å². The van der Waals surface area contributed by atoms with Crippen LogP contribution >= 0.6 is 11.6 Å². The Balaban J connectivity index is 2.89. The van der Waals surface area contributed by atoms with E-state index in [-0.39, 0.29) is 16.5 Å². The molecule has 19 heavy (non-hydrogen) atoms. The molecule has 0 saturated carbocycles. The summed E-state index contributed by atoms with van der Waals surface area (Å²) in [5.74, 6) is 0. The fourth-order valence-corrected chi connectivity index (χ4v) is 2.50. The summed E-state index contributed by atoms with van der Waals surface area (Å²) in [5.41, 5.74) is 4.97. The Morgan fingerprint density at radius 1 is 1.42 bits per heavy atom. The van der Waals surface area contributed by atoms with Gasteiger partial charge in [0.05, 0.1) is 4.90 Å². The summed E-state index contributed by atoms with van der Waals surface area (Å²) >= 11 is 5.96. The molecule has 1 amide bonds. The van der Waals surface area contributed by atoms with Crippen molar-refractivity contribution in [3.63, 3.8) is 0 Å². The zero-order valence-corrected chi connectivity index (χ0v) is 11.9. The highest BCUT2D eigenvalue weighted by Crippen LogP contribution is 2.22. The molecule has 106 valence electrons. The van der Waals surface area contributed by atoms with Crippen LogP contribution in [-0.4, -0.2) is 38.0 Å². The summed E-state index contributed by atoms with van der Waals surface area (Å²) < 4.78 is 24.8. The fraction of sp³-hybridized carbons (Fsp3) is 0.300. The second-order valence-electron chi connectivity index (χ2n) is 3.82. The summed E-state index contributed by atoms with van der Waals surface area (Å²) in [7, 11) is -0.679. The number of carbonyl (C=O) groups is 1. The molecule has 0 aromatic heterocycles. The van der Waals surface area contributed by atoms with Crippen LogP contribution in [0.1, 0.15) is 5.56 Å². The first kappa shape index (κ1) is 15.7. The van der Waals surface area contributed by atoms with Crippen molar-refractivity contribution in [3.05, 3.63) is 28.8 Å². The van der Waals surface area contributed by atoms with Gasteiger partial charge in [-0.3, -0.25) is 5.43 Å². The molecular weight excluding hydrogens is 294 g/mol. The van der Waals surface area contributed by atoms with Gasteiger partial charge in [0.15, 0.2) is 0 Å². The van der Waals surface area contributed by atoms with Crippen LogP contribution in [0.25, 0.3) is 0 Å². The predicted octanol–water partition coefficient (Wildman–Crippen LogP) is 0.863. The van der Waals surface area contributed by atoms with Crippen molar-refractivity contribution >= 4 is 27.7 Å². The Kier molecular flexibility index (Phi) is 5.12. The number of hydrogen-bond acceptors (Lipinski definition) is 4. The lowest BCUT2D eigenvalue weighted by Gasteiger charge is -2.13. The van der Waals surface area contributed by atoms with Crippen molar-refractivity contribution in [2.75, 3.05) is 14.1 Å². The molecule has 0 spiro atoms. The predicted molar refractivity (Wildman–Crippen MR) is 70.3 cm³/mol. The van der Waals surface area contributed by atoms with E-state index in [2.05, 4.69) is 5.43 Å². The maximum absolute atomic E-state index is 11.9. The molecule has 0 aliphatic heterocycles. The van der Waals surface area contributed by atoms with Crippen LogP contribution in [0.4, 0.5) is 4.79 Å². The molecule has 0 bridgehead atoms. The lowest BCUT2D eigenvalue weighted by Crippen LogP contribution is -2.35. The van der Waals surface area contributed by atoms with Gasteiger partial charge in [-0.25, -0.2) is 22.9 Å². The minimum Gasteiger partial charge on any atom is -0.464 e. The van der Waals surface area contributed by atoms with E-state index in [4.69, 9.17) is 16.7 Å². The maximum atomic E-state index is 11.9. The normalized spacial score (nSPS) is 11.6. The van der Waals surface area contributed by atoms with E-state index in [0.717, 1.165) is 4.31 Å². The fourth-order valence-electron chi connectivity index (χ4n) is 1.26. The van der Waals surface area contributed by atoms with Gasteiger partial charge >= 0.3 is 6.09 Å². The molecular formula is C10H14ClN3O4S. The minimum absolute atomic E-state index is 0.0810. The van der Waals surface area contributed by atoms with Crippen LogP contribution in [0.3, 0.4) is 0 Å². The number of hydrogen-bond donors (Lipinski definition) is 3. The Morgan fingerprint density at radius 3 is 2.53 bits per heavy atom. The van der Waals surface area contributed by atoms with Crippen LogP contribution in [0, 0.1) is 0 Å². The van der Waals surface area contributed by atoms with Gasteiger partial charge < -0.3 is 5.11 Å². The van der Waals surface area contributed by atoms with E-state index >= 15 is 0 Å². The van der Waals surface area contributed by atoms with Crippen molar-refractivity contribution < 1.29 is 18.3 Å². The molecule has 0 aliphatic carbocycles. The first-order valence-corrected chi connectivity index (χ1v) is 6.99. The Morgan fingerprint density at radius 2 is 2.05 bits per heavy atom. The second kappa shape index (κ2) is 6.20. The number of halogens is 1. The monoisotopic (exact) mass is 307 g/mol. The highest BCUT2D eigenvalue weighted by atomic mass is 35.5. The van der Waals surface area contributed by atoms with Crippen molar-refractivity contribution in [1.29, 1.82) is 0 Å². The quantitative estimate of drug-likeness (QED) is 0.701. The standard InChI is InChI=1S/C10H14ClN3O4S/c1-14(2)19(17,18)8-4-3-7(9(11)5-8)6-12-13-10(15)16/h3-5,12-13H,6H2,1-2H3,(H,15,16). The SMILES string of the molecule is CN(C)S(=O)(=O)c1ccc(CNNC(=O)O)c(Cl)c1. The second-order valence-corrected chi connectivity index (χ2v) is 6.38. The topological polar surface area (TPSA) is 98.7 Å². The van der Waals surface area contributed by atoms with Gasteiger partial charge in [0, 0.05) is 25.7 Å². The van der Waals surface area contributed by atoms with E-state index in [9.17, 15) is 13.2 Å². The van der Waals surface area contributed by atoms with Crippen molar-refractivity contribution in [1.82, 2.24) is 15.2 Å². The van der Waals surface area contributed by atoms with E-state index in [1.54, 1.807) is 0 Å². The molecule has 0 heterocycles. The lowest BCUT2D eigenvalue weighted by atomic mass is 10.2. The summed E-state index contributed by atoms with van der Waals surface area (Å²) in [6.07, 6.45) is -1.22. The third kappa shape index (κ3) is 4.06. The lowest BCUT2D eigenvalue weighted by molar-refractivity contribution is 0.189. The first-order valence-electron chi connectivity index (χ1n) is 5.18. The van der Waals surface area contributed by atoms with Crippen LogP contribution in [0.15, 0.2) is 23.1 Å². The number of nitrogens with zero attached hydrogens (tertiary/aromatic N) is 1. The molecule has 0 atom stereocenters. The molecule has 0 saturated heterocycles. The molecule has 1 aromatic rings. The third-order valence-electron chi connectivity index (χ3n) is 2.28. The van der Waals surface area contributed by atoms with Gasteiger partial charge in [0.2, 0.25) is 10.0 Å². The van der Waals surface area contributed by atoms with Crippen molar-refractivity contribution in [3.8, 4) is 0 Å². The molecule has 7 nitrogen and oxygen atoms in total. The van der Waals surface area contributed by atoms with Crippen LogP contribution in [-0.2, 0) is 16.6 Å². The maximum Gasteiger partial charge on any atom is 0.419 e. The molecule has 1 aromatic carbocycles. The summed E-state index contributed by atoms with van der Waals surface area (Å²) in [6.45, 7) is 0.146. The van der Waals surface area contributed by atoms with E-state index in [0.29, 0.717) is 5.56 Å². The summed E-state index contributed by atoms with van der Waals surface area (Å²) in [4.78, 5) is 10.3. The molecule has 9 heteroatoms. The molecule has 1 rings (SSSR count). The zero-order valence-electron chi connectivity index (χ0n) is 10.3. The average molecular weight is 308 g/mol. The van der Waals surface area contributed by atoms with Crippen LogP contribution in [0.5, 0.6) is 0 Å².